The van der Waals surface area contributed by atoms with Gasteiger partial charge in [-0.15, -0.1) is 0 Å². The number of carbonyl (C=O) groups excluding carboxylic acids is 2. The van der Waals surface area contributed by atoms with Crippen LogP contribution in [0.4, 0.5) is 0 Å². The van der Waals surface area contributed by atoms with Gasteiger partial charge in [0.05, 0.1) is 5.92 Å². The van der Waals surface area contributed by atoms with E-state index in [1.54, 1.807) is 23.3 Å². The summed E-state index contributed by atoms with van der Waals surface area (Å²) < 4.78 is 5.28. The first-order valence-electron chi connectivity index (χ1n) is 8.69. The summed E-state index contributed by atoms with van der Waals surface area (Å²) in [5, 5.41) is 4.01. The zero-order valence-corrected chi connectivity index (χ0v) is 16.0. The first-order chi connectivity index (χ1) is 11.3. The van der Waals surface area contributed by atoms with E-state index < -0.39 is 0 Å². The van der Waals surface area contributed by atoms with Gasteiger partial charge in [0.15, 0.2) is 6.61 Å². The molecule has 134 valence electrons. The monoisotopic (exact) mass is 351 g/mol. The largest absolute Gasteiger partial charge is 0.455 e. The molecule has 0 spiro atoms. The second-order valence-corrected chi connectivity index (χ2v) is 8.68. The number of likely N-dealkylation sites (N-methyl/N-ethyl adjacent to an activating group) is 1. The van der Waals surface area contributed by atoms with Gasteiger partial charge >= 0.3 is 5.97 Å². The van der Waals surface area contributed by atoms with Crippen LogP contribution in [0.3, 0.4) is 0 Å². The number of carbonyl (C=O) groups is 2. The van der Waals surface area contributed by atoms with Gasteiger partial charge in [0, 0.05) is 13.6 Å². The predicted molar refractivity (Wildman–Crippen MR) is 96.7 cm³/mol. The summed E-state index contributed by atoms with van der Waals surface area (Å²) in [6, 6.07) is 1.99. The van der Waals surface area contributed by atoms with Gasteiger partial charge in [-0.2, -0.15) is 11.3 Å². The van der Waals surface area contributed by atoms with Gasteiger partial charge in [-0.3, -0.25) is 9.59 Å². The van der Waals surface area contributed by atoms with Gasteiger partial charge in [-0.25, -0.2) is 0 Å². The maximum atomic E-state index is 12.2. The Bertz CT molecular complexity index is 539. The Morgan fingerprint density at radius 2 is 1.92 bits per heavy atom. The Labute approximate surface area is 149 Å². The molecule has 0 saturated heterocycles. The molecule has 1 aliphatic rings. The zero-order chi connectivity index (χ0) is 17.7. The molecule has 1 fully saturated rings. The van der Waals surface area contributed by atoms with Crippen LogP contribution >= 0.6 is 11.3 Å². The Morgan fingerprint density at radius 3 is 2.46 bits per heavy atom. The minimum Gasteiger partial charge on any atom is -0.455 e. The molecule has 1 aromatic rings. The van der Waals surface area contributed by atoms with Crippen molar-refractivity contribution in [2.75, 3.05) is 13.7 Å². The highest BCUT2D eigenvalue weighted by Crippen LogP contribution is 2.40. The van der Waals surface area contributed by atoms with Crippen molar-refractivity contribution in [1.82, 2.24) is 4.90 Å². The Morgan fingerprint density at radius 1 is 1.25 bits per heavy atom. The van der Waals surface area contributed by atoms with Crippen molar-refractivity contribution in [2.45, 2.75) is 53.0 Å². The molecule has 0 N–H and O–H groups in total. The van der Waals surface area contributed by atoms with E-state index >= 15 is 0 Å². The van der Waals surface area contributed by atoms with Crippen molar-refractivity contribution >= 4 is 23.2 Å². The van der Waals surface area contributed by atoms with Crippen LogP contribution in [0.15, 0.2) is 16.8 Å². The lowest BCUT2D eigenvalue weighted by atomic mass is 9.70. The highest BCUT2D eigenvalue weighted by molar-refractivity contribution is 7.07. The van der Waals surface area contributed by atoms with E-state index in [2.05, 4.69) is 20.8 Å². The molecule has 0 unspecified atom stereocenters. The minimum atomic E-state index is -0.209. The zero-order valence-electron chi connectivity index (χ0n) is 15.2. The van der Waals surface area contributed by atoms with E-state index in [4.69, 9.17) is 4.74 Å². The van der Waals surface area contributed by atoms with Crippen LogP contribution in [0.5, 0.6) is 0 Å². The highest BCUT2D eigenvalue weighted by atomic mass is 32.1. The molecule has 1 amide bonds. The first-order valence-corrected chi connectivity index (χ1v) is 9.63. The molecular weight excluding hydrogens is 322 g/mol. The van der Waals surface area contributed by atoms with E-state index in [-0.39, 0.29) is 24.4 Å². The minimum absolute atomic E-state index is 0.0430. The Hall–Kier alpha value is -1.36. The van der Waals surface area contributed by atoms with Crippen LogP contribution in [0, 0.1) is 17.3 Å². The second kappa shape index (κ2) is 8.15. The molecule has 5 heteroatoms. The second-order valence-electron chi connectivity index (χ2n) is 7.90. The summed E-state index contributed by atoms with van der Waals surface area (Å²) in [6.45, 7) is 7.18. The summed E-state index contributed by atoms with van der Waals surface area (Å²) in [5.41, 5.74) is 1.40. The summed E-state index contributed by atoms with van der Waals surface area (Å²) in [7, 11) is 1.74. The number of nitrogens with zero attached hydrogens (tertiary/aromatic N) is 1. The molecule has 0 aliphatic heterocycles. The van der Waals surface area contributed by atoms with Crippen molar-refractivity contribution in [2.24, 2.45) is 17.3 Å². The summed E-state index contributed by atoms with van der Waals surface area (Å²) in [6.07, 6.45) is 3.88. The van der Waals surface area contributed by atoms with Crippen LogP contribution in [0.1, 0.15) is 52.0 Å². The third kappa shape index (κ3) is 5.33. The molecule has 0 bridgehead atoms. The van der Waals surface area contributed by atoms with Crippen LogP contribution in [-0.4, -0.2) is 30.4 Å². The van der Waals surface area contributed by atoms with E-state index in [0.29, 0.717) is 17.9 Å². The quantitative estimate of drug-likeness (QED) is 0.750. The normalized spacial score (nSPS) is 21.3. The van der Waals surface area contributed by atoms with Crippen LogP contribution in [0.2, 0.25) is 0 Å². The van der Waals surface area contributed by atoms with Crippen LogP contribution < -0.4 is 0 Å². The SMILES string of the molecule is CN(Cc1ccsc1)C(=O)COC(=O)C1CCC(C(C)(C)C)CC1. The number of rotatable bonds is 5. The van der Waals surface area contributed by atoms with Gasteiger partial charge in [0.25, 0.3) is 5.91 Å². The third-order valence-corrected chi connectivity index (χ3v) is 5.78. The Balaban J connectivity index is 1.72. The van der Waals surface area contributed by atoms with Crippen molar-refractivity contribution in [3.05, 3.63) is 22.4 Å². The average molecular weight is 352 g/mol. The smallest absolute Gasteiger partial charge is 0.309 e. The molecule has 0 aromatic carbocycles. The first kappa shape index (κ1) is 19.0. The average Bonchev–Trinajstić information content (AvgIpc) is 3.04. The van der Waals surface area contributed by atoms with Crippen molar-refractivity contribution in [3.8, 4) is 0 Å². The van der Waals surface area contributed by atoms with Crippen LogP contribution in [-0.2, 0) is 20.9 Å². The number of hydrogen-bond donors (Lipinski definition) is 0. The lowest BCUT2D eigenvalue weighted by Crippen LogP contribution is -2.33. The number of ether oxygens (including phenoxy) is 1. The summed E-state index contributed by atoms with van der Waals surface area (Å²) in [4.78, 5) is 25.9. The maximum absolute atomic E-state index is 12.2. The van der Waals surface area contributed by atoms with Crippen molar-refractivity contribution in [3.63, 3.8) is 0 Å². The lowest BCUT2D eigenvalue weighted by Gasteiger charge is -2.36. The fraction of sp³-hybridized carbons (Fsp3) is 0.684. The number of thiophene rings is 1. The maximum Gasteiger partial charge on any atom is 0.309 e. The molecular formula is C19H29NO3S. The number of esters is 1. The molecule has 2 rings (SSSR count). The molecule has 1 aliphatic carbocycles. The van der Waals surface area contributed by atoms with Gasteiger partial charge in [0.1, 0.15) is 0 Å². The molecule has 0 radical (unpaired) electrons. The lowest BCUT2D eigenvalue weighted by molar-refractivity contribution is -0.156. The molecule has 4 nitrogen and oxygen atoms in total. The topological polar surface area (TPSA) is 46.6 Å². The predicted octanol–water partition coefficient (Wildman–Crippen LogP) is 4.10. The van der Waals surface area contributed by atoms with E-state index in [9.17, 15) is 9.59 Å². The Kier molecular flexibility index (Phi) is 6.44. The summed E-state index contributed by atoms with van der Waals surface area (Å²) in [5.74, 6) is 0.260. The number of amides is 1. The van der Waals surface area contributed by atoms with E-state index in [1.807, 2.05) is 16.8 Å². The van der Waals surface area contributed by atoms with Gasteiger partial charge < -0.3 is 9.64 Å². The van der Waals surface area contributed by atoms with Gasteiger partial charge in [0.2, 0.25) is 0 Å². The molecule has 1 saturated carbocycles. The standard InChI is InChI=1S/C19H29NO3S/c1-19(2,3)16-7-5-15(6-8-16)18(22)23-12-17(21)20(4)11-14-9-10-24-13-14/h9-10,13,15-16H,5-8,11-12H2,1-4H3. The molecule has 1 heterocycles. The number of hydrogen-bond acceptors (Lipinski definition) is 4. The van der Waals surface area contributed by atoms with E-state index in [1.165, 1.54) is 0 Å². The summed E-state index contributed by atoms with van der Waals surface area (Å²) >= 11 is 1.61. The molecule has 1 aromatic heterocycles. The molecule has 0 atom stereocenters. The fourth-order valence-corrected chi connectivity index (χ4v) is 3.96. The fourth-order valence-electron chi connectivity index (χ4n) is 3.30. The van der Waals surface area contributed by atoms with Crippen molar-refractivity contribution < 1.29 is 14.3 Å². The molecule has 24 heavy (non-hydrogen) atoms. The van der Waals surface area contributed by atoms with Gasteiger partial charge in [-0.1, -0.05) is 20.8 Å². The van der Waals surface area contributed by atoms with Crippen molar-refractivity contribution in [1.29, 1.82) is 0 Å². The van der Waals surface area contributed by atoms with Gasteiger partial charge in [-0.05, 0) is 59.4 Å². The highest BCUT2D eigenvalue weighted by Gasteiger charge is 2.33. The van der Waals surface area contributed by atoms with Crippen LogP contribution in [0.25, 0.3) is 0 Å². The van der Waals surface area contributed by atoms with E-state index in [0.717, 1.165) is 31.2 Å². The third-order valence-electron chi connectivity index (χ3n) is 5.05.